The van der Waals surface area contributed by atoms with Crippen molar-refractivity contribution < 1.29 is 14.3 Å². The molecular weight excluding hydrogens is 334 g/mol. The predicted octanol–water partition coefficient (Wildman–Crippen LogP) is 2.20. The molecule has 2 aromatic heterocycles. The van der Waals surface area contributed by atoms with Crippen molar-refractivity contribution in [3.63, 3.8) is 0 Å². The maximum Gasteiger partial charge on any atom is 0.289 e. The van der Waals surface area contributed by atoms with Crippen LogP contribution in [0.2, 0.25) is 0 Å². The van der Waals surface area contributed by atoms with Crippen molar-refractivity contribution in [2.75, 3.05) is 14.2 Å². The lowest BCUT2D eigenvalue weighted by molar-refractivity contribution is 0.0950. The fourth-order valence-electron chi connectivity index (χ4n) is 2.42. The Hall–Kier alpha value is -3.55. The molecule has 2 N–H and O–H groups in total. The van der Waals surface area contributed by atoms with Crippen LogP contribution in [0.15, 0.2) is 47.7 Å². The Bertz CT molecular complexity index is 942. The van der Waals surface area contributed by atoms with Gasteiger partial charge in [-0.05, 0) is 36.4 Å². The average Bonchev–Trinajstić information content (AvgIpc) is 3.30. The molecule has 3 rings (SSSR count). The summed E-state index contributed by atoms with van der Waals surface area (Å²) in [6.07, 6.45) is 3.46. The van der Waals surface area contributed by atoms with Crippen LogP contribution in [0.4, 0.5) is 0 Å². The molecule has 0 aliphatic carbocycles. The lowest BCUT2D eigenvalue weighted by Crippen LogP contribution is -2.18. The first-order valence-electron chi connectivity index (χ1n) is 7.85. The number of aromatic nitrogens is 3. The molecule has 8 heteroatoms. The van der Waals surface area contributed by atoms with Gasteiger partial charge in [0.05, 0.1) is 31.8 Å². The van der Waals surface area contributed by atoms with E-state index in [1.807, 2.05) is 29.9 Å². The van der Waals surface area contributed by atoms with Crippen LogP contribution >= 0.6 is 0 Å². The second kappa shape index (κ2) is 7.56. The molecule has 0 saturated heterocycles. The number of hydrazone groups is 1. The minimum Gasteiger partial charge on any atom is -0.497 e. The predicted molar refractivity (Wildman–Crippen MR) is 97.6 cm³/mol. The second-order valence-corrected chi connectivity index (χ2v) is 5.48. The molecule has 0 radical (unpaired) electrons. The third-order valence-electron chi connectivity index (χ3n) is 3.85. The van der Waals surface area contributed by atoms with E-state index >= 15 is 0 Å². The van der Waals surface area contributed by atoms with E-state index in [1.165, 1.54) is 0 Å². The number of carbonyl (C=O) groups is 1. The van der Waals surface area contributed by atoms with Crippen molar-refractivity contribution in [3.8, 4) is 22.8 Å². The van der Waals surface area contributed by atoms with E-state index in [-0.39, 0.29) is 5.69 Å². The van der Waals surface area contributed by atoms with Gasteiger partial charge in [-0.25, -0.2) is 5.43 Å². The largest absolute Gasteiger partial charge is 0.497 e. The van der Waals surface area contributed by atoms with Crippen LogP contribution in [0, 0.1) is 0 Å². The number of hydrogen-bond donors (Lipinski definition) is 2. The number of nitrogens with one attached hydrogen (secondary N) is 2. The summed E-state index contributed by atoms with van der Waals surface area (Å²) < 4.78 is 12.5. The number of methoxy groups -OCH3 is 2. The zero-order valence-electron chi connectivity index (χ0n) is 14.7. The van der Waals surface area contributed by atoms with Gasteiger partial charge in [0.25, 0.3) is 5.91 Å². The van der Waals surface area contributed by atoms with Crippen molar-refractivity contribution in [3.05, 3.63) is 54.0 Å². The van der Waals surface area contributed by atoms with Crippen LogP contribution in [0.3, 0.4) is 0 Å². The van der Waals surface area contributed by atoms with Crippen LogP contribution < -0.4 is 14.9 Å². The monoisotopic (exact) mass is 353 g/mol. The highest BCUT2D eigenvalue weighted by atomic mass is 16.5. The highest BCUT2D eigenvalue weighted by Gasteiger charge is 2.14. The number of H-pyrrole nitrogens is 1. The van der Waals surface area contributed by atoms with Gasteiger partial charge in [0.15, 0.2) is 0 Å². The van der Waals surface area contributed by atoms with E-state index in [1.54, 1.807) is 44.7 Å². The average molecular weight is 353 g/mol. The lowest BCUT2D eigenvalue weighted by Gasteiger charge is -2.08. The van der Waals surface area contributed by atoms with Gasteiger partial charge in [-0.3, -0.25) is 9.89 Å². The van der Waals surface area contributed by atoms with Gasteiger partial charge in [-0.15, -0.1) is 0 Å². The summed E-state index contributed by atoms with van der Waals surface area (Å²) in [5.74, 6) is 0.907. The number of aromatic amines is 1. The van der Waals surface area contributed by atoms with Gasteiger partial charge >= 0.3 is 0 Å². The number of nitrogens with zero attached hydrogens (tertiary/aromatic N) is 3. The molecule has 0 unspecified atom stereocenters. The molecule has 2 heterocycles. The Morgan fingerprint density at radius 1 is 1.27 bits per heavy atom. The molecule has 0 saturated carbocycles. The molecule has 8 nitrogen and oxygen atoms in total. The second-order valence-electron chi connectivity index (χ2n) is 5.48. The minimum absolute atomic E-state index is 0.286. The van der Waals surface area contributed by atoms with Gasteiger partial charge < -0.3 is 14.0 Å². The smallest absolute Gasteiger partial charge is 0.289 e. The van der Waals surface area contributed by atoms with Crippen LogP contribution in [0.1, 0.15) is 16.2 Å². The summed E-state index contributed by atoms with van der Waals surface area (Å²) in [5, 5.41) is 10.9. The van der Waals surface area contributed by atoms with Crippen molar-refractivity contribution >= 4 is 12.1 Å². The van der Waals surface area contributed by atoms with E-state index in [9.17, 15) is 4.79 Å². The fourth-order valence-corrected chi connectivity index (χ4v) is 2.42. The number of hydrogen-bond acceptors (Lipinski definition) is 5. The van der Waals surface area contributed by atoms with Gasteiger partial charge in [-0.2, -0.15) is 10.2 Å². The Labute approximate surface area is 150 Å². The summed E-state index contributed by atoms with van der Waals surface area (Å²) in [6, 6.07) is 10.8. The van der Waals surface area contributed by atoms with E-state index in [4.69, 9.17) is 9.47 Å². The van der Waals surface area contributed by atoms with Gasteiger partial charge in [0.2, 0.25) is 0 Å². The molecule has 0 atom stereocenters. The molecule has 0 aliphatic heterocycles. The first-order valence-corrected chi connectivity index (χ1v) is 7.85. The SMILES string of the molecule is COc1ccc(OC)c(-c2cc(C(=O)NN=Cc3cccn3C)[nH]n2)c1. The zero-order valence-corrected chi connectivity index (χ0v) is 14.7. The van der Waals surface area contributed by atoms with Crippen molar-refractivity contribution in [2.45, 2.75) is 0 Å². The third-order valence-corrected chi connectivity index (χ3v) is 3.85. The zero-order chi connectivity index (χ0) is 18.5. The summed E-state index contributed by atoms with van der Waals surface area (Å²) in [4.78, 5) is 12.2. The summed E-state index contributed by atoms with van der Waals surface area (Å²) in [7, 11) is 5.05. The fraction of sp³-hybridized carbons (Fsp3) is 0.167. The molecule has 1 amide bonds. The van der Waals surface area contributed by atoms with Gasteiger partial charge in [0.1, 0.15) is 17.2 Å². The van der Waals surface area contributed by atoms with Crippen LogP contribution in [-0.4, -0.2) is 41.1 Å². The highest BCUT2D eigenvalue weighted by Crippen LogP contribution is 2.32. The first-order chi connectivity index (χ1) is 12.6. The number of benzene rings is 1. The quantitative estimate of drug-likeness (QED) is 0.525. The number of ether oxygens (including phenoxy) is 2. The molecule has 0 bridgehead atoms. The Balaban J connectivity index is 1.76. The Morgan fingerprint density at radius 3 is 2.81 bits per heavy atom. The number of aryl methyl sites for hydroxylation is 1. The topological polar surface area (TPSA) is 93.5 Å². The molecule has 3 aromatic rings. The van der Waals surface area contributed by atoms with Gasteiger partial charge in [0, 0.05) is 18.8 Å². The van der Waals surface area contributed by atoms with Crippen molar-refractivity contribution in [2.24, 2.45) is 12.1 Å². The standard InChI is InChI=1S/C18H19N5O3/c1-23-8-4-5-12(23)11-19-22-18(24)16-10-15(20-21-16)14-9-13(25-2)6-7-17(14)26-3/h4-11H,1-3H3,(H,20,21)(H,22,24). The molecule has 0 spiro atoms. The maximum atomic E-state index is 12.2. The molecule has 0 fully saturated rings. The molecule has 26 heavy (non-hydrogen) atoms. The van der Waals surface area contributed by atoms with Crippen molar-refractivity contribution in [1.29, 1.82) is 0 Å². The van der Waals surface area contributed by atoms with Crippen LogP contribution in [0.25, 0.3) is 11.3 Å². The number of amides is 1. The van der Waals surface area contributed by atoms with E-state index < -0.39 is 5.91 Å². The Morgan fingerprint density at radius 2 is 2.12 bits per heavy atom. The Kier molecular flexibility index (Phi) is 5.02. The molecular formula is C18H19N5O3. The lowest BCUT2D eigenvalue weighted by atomic mass is 10.1. The minimum atomic E-state index is -0.393. The van der Waals surface area contributed by atoms with Crippen molar-refractivity contribution in [1.82, 2.24) is 20.2 Å². The summed E-state index contributed by atoms with van der Waals surface area (Å²) in [5.41, 5.74) is 4.91. The van der Waals surface area contributed by atoms with E-state index in [2.05, 4.69) is 20.7 Å². The van der Waals surface area contributed by atoms with Crippen LogP contribution in [-0.2, 0) is 7.05 Å². The van der Waals surface area contributed by atoms with E-state index in [0.717, 1.165) is 11.3 Å². The third kappa shape index (κ3) is 3.59. The number of rotatable bonds is 6. The highest BCUT2D eigenvalue weighted by molar-refractivity contribution is 5.94. The normalized spacial score (nSPS) is 10.9. The summed E-state index contributed by atoms with van der Waals surface area (Å²) >= 11 is 0. The molecule has 0 aliphatic rings. The maximum absolute atomic E-state index is 12.2. The summed E-state index contributed by atoms with van der Waals surface area (Å²) in [6.45, 7) is 0. The molecule has 134 valence electrons. The number of carbonyl (C=O) groups excluding carboxylic acids is 1. The molecule has 1 aromatic carbocycles. The van der Waals surface area contributed by atoms with Gasteiger partial charge in [-0.1, -0.05) is 0 Å². The first kappa shape index (κ1) is 17.3. The van der Waals surface area contributed by atoms with E-state index in [0.29, 0.717) is 17.2 Å². The van der Waals surface area contributed by atoms with Crippen LogP contribution in [0.5, 0.6) is 11.5 Å².